The van der Waals surface area contributed by atoms with Gasteiger partial charge < -0.3 is 4.74 Å². The van der Waals surface area contributed by atoms with Gasteiger partial charge in [0.05, 0.1) is 17.3 Å². The van der Waals surface area contributed by atoms with Crippen LogP contribution in [0.1, 0.15) is 5.56 Å². The number of ether oxygens (including phenoxy) is 1. The predicted octanol–water partition coefficient (Wildman–Crippen LogP) is 8.24. The lowest BCUT2D eigenvalue weighted by molar-refractivity contribution is -0.133. The average Bonchev–Trinajstić information content (AvgIpc) is 2.95. The third kappa shape index (κ3) is 4.87. The number of esters is 1. The van der Waals surface area contributed by atoms with E-state index in [0.29, 0.717) is 5.75 Å². The van der Waals surface area contributed by atoms with E-state index in [-0.39, 0.29) is 23.3 Å². The minimum absolute atomic E-state index is 0.214. The van der Waals surface area contributed by atoms with Gasteiger partial charge in [0.25, 0.3) is 0 Å². The molecule has 0 N–H and O–H groups in total. The van der Waals surface area contributed by atoms with Crippen LogP contribution in [0.25, 0.3) is 21.5 Å². The molecule has 0 aliphatic rings. The monoisotopic (exact) mass is 497 g/mol. The lowest BCUT2D eigenvalue weighted by Gasteiger charge is -2.11. The molecule has 37 heavy (non-hydrogen) atoms. The molecule has 0 fully saturated rings. The van der Waals surface area contributed by atoms with Crippen molar-refractivity contribution in [2.24, 2.45) is 0 Å². The highest BCUT2D eigenvalue weighted by molar-refractivity contribution is 7.97. The topological polar surface area (TPSA) is 26.3 Å². The van der Waals surface area contributed by atoms with E-state index in [0.717, 1.165) is 21.7 Å². The molecule has 0 heterocycles. The molecule has 6 aromatic rings. The van der Waals surface area contributed by atoms with E-state index in [4.69, 9.17) is 4.74 Å². The van der Waals surface area contributed by atoms with Crippen LogP contribution in [0.5, 0.6) is 5.75 Å². The average molecular weight is 498 g/mol. The lowest BCUT2D eigenvalue weighted by atomic mass is 9.96. The van der Waals surface area contributed by atoms with Gasteiger partial charge in [0, 0.05) is 0 Å². The molecule has 0 saturated carbocycles. The van der Waals surface area contributed by atoms with Gasteiger partial charge in [-0.15, -0.1) is 0 Å². The van der Waals surface area contributed by atoms with Crippen LogP contribution in [0.3, 0.4) is 0 Å². The molecule has 0 aromatic heterocycles. The highest BCUT2D eigenvalue weighted by Gasteiger charge is 2.28. The van der Waals surface area contributed by atoms with Gasteiger partial charge in [0.15, 0.2) is 14.7 Å². The minimum atomic E-state index is -0.265. The first kappa shape index (κ1) is 23.1. The molecule has 0 unspecified atom stereocenters. The highest BCUT2D eigenvalue weighted by atomic mass is 32.2. The van der Waals surface area contributed by atoms with Crippen LogP contribution in [-0.4, -0.2) is 5.97 Å². The van der Waals surface area contributed by atoms with Gasteiger partial charge in [-0.1, -0.05) is 84.9 Å². The summed E-state index contributed by atoms with van der Waals surface area (Å²) in [6, 6.07) is 47.6. The summed E-state index contributed by atoms with van der Waals surface area (Å²) in [5, 5.41) is 4.56. The third-order valence-electron chi connectivity index (χ3n) is 6.44. The lowest BCUT2D eigenvalue weighted by Crippen LogP contribution is -2.12. The maximum Gasteiger partial charge on any atom is 0.315 e. The number of carbonyl (C=O) groups is 1. The van der Waals surface area contributed by atoms with Gasteiger partial charge in [0.1, 0.15) is 5.75 Å². The Kier molecular flexibility index (Phi) is 6.45. The van der Waals surface area contributed by atoms with E-state index in [1.54, 1.807) is 0 Å². The summed E-state index contributed by atoms with van der Waals surface area (Å²) in [4.78, 5) is 16.7. The van der Waals surface area contributed by atoms with E-state index < -0.39 is 0 Å². The second kappa shape index (κ2) is 10.3. The van der Waals surface area contributed by atoms with Gasteiger partial charge in [-0.3, -0.25) is 4.79 Å². The van der Waals surface area contributed by atoms with Gasteiger partial charge >= 0.3 is 5.97 Å². The number of hydrogen-bond acceptors (Lipinski definition) is 2. The van der Waals surface area contributed by atoms with E-state index in [1.807, 2.05) is 48.5 Å². The van der Waals surface area contributed by atoms with Crippen LogP contribution in [-0.2, 0) is 22.1 Å². The predicted molar refractivity (Wildman–Crippen MR) is 152 cm³/mol. The van der Waals surface area contributed by atoms with Crippen LogP contribution < -0.4 is 4.74 Å². The van der Waals surface area contributed by atoms with Gasteiger partial charge in [-0.05, 0) is 81.7 Å². The molecule has 0 amide bonds. The molecule has 2 nitrogen and oxygen atoms in total. The zero-order valence-corrected chi connectivity index (χ0v) is 21.0. The number of benzene rings is 6. The Morgan fingerprint density at radius 2 is 1.05 bits per heavy atom. The van der Waals surface area contributed by atoms with E-state index in [1.165, 1.54) is 20.1 Å². The number of carbonyl (C=O) groups excluding carboxylic acids is 1. The Bertz CT molecular complexity index is 1640. The fourth-order valence-electron chi connectivity index (χ4n) is 4.77. The maximum atomic E-state index is 13.0. The first-order valence-corrected chi connectivity index (χ1v) is 13.5. The van der Waals surface area contributed by atoms with Crippen LogP contribution in [0.2, 0.25) is 0 Å². The first-order chi connectivity index (χ1) is 18.3. The molecule has 0 saturated heterocycles. The molecule has 0 aliphatic carbocycles. The van der Waals surface area contributed by atoms with Gasteiger partial charge in [0.2, 0.25) is 0 Å². The van der Waals surface area contributed by atoms with Crippen molar-refractivity contribution >= 4 is 38.4 Å². The molecule has 0 radical (unpaired) electrons. The van der Waals surface area contributed by atoms with Crippen LogP contribution >= 0.6 is 0 Å². The summed E-state index contributed by atoms with van der Waals surface area (Å²) in [6.07, 6.45) is 0.214. The van der Waals surface area contributed by atoms with Crippen molar-refractivity contribution in [2.75, 3.05) is 0 Å². The smallest absolute Gasteiger partial charge is 0.315 e. The molecule has 0 atom stereocenters. The van der Waals surface area contributed by atoms with Crippen molar-refractivity contribution in [3.63, 3.8) is 0 Å². The second-order valence-corrected chi connectivity index (χ2v) is 10.9. The summed E-state index contributed by atoms with van der Waals surface area (Å²) in [7, 11) is -0.237. The van der Waals surface area contributed by atoms with Crippen molar-refractivity contribution in [2.45, 2.75) is 21.1 Å². The molecule has 0 aliphatic heterocycles. The molecule has 6 rings (SSSR count). The fourth-order valence-corrected chi connectivity index (χ4v) is 6.85. The first-order valence-electron chi connectivity index (χ1n) is 12.3. The number of fused-ring (bicyclic) bond motifs is 3. The molecular weight excluding hydrogens is 472 g/mol. The van der Waals surface area contributed by atoms with Gasteiger partial charge in [-0.2, -0.15) is 0 Å². The largest absolute Gasteiger partial charge is 0.426 e. The Labute approximate surface area is 219 Å². The van der Waals surface area contributed by atoms with Crippen LogP contribution in [0.4, 0.5) is 0 Å². The molecule has 0 spiro atoms. The zero-order valence-electron chi connectivity index (χ0n) is 20.2. The van der Waals surface area contributed by atoms with Crippen molar-refractivity contribution in [3.8, 4) is 5.75 Å². The molecule has 3 heteroatoms. The SMILES string of the molecule is O=C(Cc1cc2ccccc2c2ccccc12)Oc1ccc([S+](c2ccccc2)c2ccccc2)cc1. The van der Waals surface area contributed by atoms with Crippen molar-refractivity contribution in [3.05, 3.63) is 145 Å². The van der Waals surface area contributed by atoms with Crippen molar-refractivity contribution in [1.29, 1.82) is 0 Å². The molecule has 6 aromatic carbocycles. The molecule has 178 valence electrons. The highest BCUT2D eigenvalue weighted by Crippen LogP contribution is 2.32. The summed E-state index contributed by atoms with van der Waals surface area (Å²) in [5.74, 6) is 0.293. The Morgan fingerprint density at radius 3 is 1.70 bits per heavy atom. The Morgan fingerprint density at radius 1 is 0.541 bits per heavy atom. The zero-order chi connectivity index (χ0) is 25.0. The summed E-state index contributed by atoms with van der Waals surface area (Å²) >= 11 is 0. The summed E-state index contributed by atoms with van der Waals surface area (Å²) in [6.45, 7) is 0. The van der Waals surface area contributed by atoms with Crippen LogP contribution in [0.15, 0.2) is 154 Å². The van der Waals surface area contributed by atoms with Crippen molar-refractivity contribution < 1.29 is 9.53 Å². The van der Waals surface area contributed by atoms with E-state index in [9.17, 15) is 4.79 Å². The van der Waals surface area contributed by atoms with Crippen molar-refractivity contribution in [1.82, 2.24) is 0 Å². The van der Waals surface area contributed by atoms with E-state index >= 15 is 0 Å². The quantitative estimate of drug-likeness (QED) is 0.100. The third-order valence-corrected chi connectivity index (χ3v) is 8.67. The molecular formula is C34H25O2S+. The van der Waals surface area contributed by atoms with E-state index in [2.05, 4.69) is 91.0 Å². The molecule has 0 bridgehead atoms. The Hall–Kier alpha value is -4.34. The summed E-state index contributed by atoms with van der Waals surface area (Å²) in [5.41, 5.74) is 0.977. The normalized spacial score (nSPS) is 11.2. The minimum Gasteiger partial charge on any atom is -0.426 e. The number of hydrogen-bond donors (Lipinski definition) is 0. The second-order valence-electron chi connectivity index (χ2n) is 8.86. The standard InChI is InChI=1S/C34H25O2S/c35-34(24-26-23-25-11-7-8-16-31(25)33-18-10-9-17-32(26)33)36-27-19-21-30(22-20-27)37(28-12-3-1-4-13-28)29-14-5-2-6-15-29/h1-23H,24H2/q+1. The van der Waals surface area contributed by atoms with Crippen LogP contribution in [0, 0.1) is 0 Å². The number of rotatable bonds is 6. The van der Waals surface area contributed by atoms with Gasteiger partial charge in [-0.25, -0.2) is 0 Å². The Balaban J connectivity index is 1.25. The maximum absolute atomic E-state index is 13.0. The fraction of sp³-hybridized carbons (Fsp3) is 0.0294. The summed E-state index contributed by atoms with van der Waals surface area (Å²) < 4.78 is 5.79.